The highest BCUT2D eigenvalue weighted by Crippen LogP contribution is 2.35. The largest absolute Gasteiger partial charge is 0.345 e. The van der Waals surface area contributed by atoms with E-state index in [1.807, 2.05) is 7.05 Å². The second-order valence-corrected chi connectivity index (χ2v) is 3.90. The van der Waals surface area contributed by atoms with Crippen molar-refractivity contribution < 1.29 is 4.79 Å². The normalized spacial score (nSPS) is 29.8. The van der Waals surface area contributed by atoms with Crippen molar-refractivity contribution in [2.45, 2.75) is 32.7 Å². The number of hydrogen-bond acceptors (Lipinski definition) is 1. The highest BCUT2D eigenvalue weighted by atomic mass is 16.1. The molecule has 0 unspecified atom stereocenters. The van der Waals surface area contributed by atoms with Gasteiger partial charge >= 0.3 is 0 Å². The Labute approximate surface area is 68.6 Å². The van der Waals surface area contributed by atoms with Crippen LogP contribution in [-0.4, -0.2) is 24.4 Å². The van der Waals surface area contributed by atoms with E-state index in [-0.39, 0.29) is 0 Å². The van der Waals surface area contributed by atoms with Gasteiger partial charge in [0.15, 0.2) is 0 Å². The van der Waals surface area contributed by atoms with Crippen LogP contribution in [0.15, 0.2) is 0 Å². The average Bonchev–Trinajstić information content (AvgIpc) is 1.83. The Kier molecular flexibility index (Phi) is 2.53. The lowest BCUT2D eigenvalue weighted by atomic mass is 9.73. The molecule has 0 aliphatic heterocycles. The van der Waals surface area contributed by atoms with Crippen LogP contribution < -0.4 is 0 Å². The van der Waals surface area contributed by atoms with Gasteiger partial charge in [0.1, 0.15) is 0 Å². The summed E-state index contributed by atoms with van der Waals surface area (Å²) in [7, 11) is 1.87. The molecular formula is C9H17NO. The van der Waals surface area contributed by atoms with Gasteiger partial charge in [-0.3, -0.25) is 4.79 Å². The predicted molar refractivity (Wildman–Crippen MR) is 45.2 cm³/mol. The molecular weight excluding hydrogens is 138 g/mol. The molecule has 0 bridgehead atoms. The minimum absolute atomic E-state index is 0.528. The molecule has 1 rings (SSSR count). The summed E-state index contributed by atoms with van der Waals surface area (Å²) in [5, 5.41) is 0. The molecule has 0 aromatic rings. The fourth-order valence-electron chi connectivity index (χ4n) is 1.59. The van der Waals surface area contributed by atoms with Crippen LogP contribution in [0.3, 0.4) is 0 Å². The van der Waals surface area contributed by atoms with E-state index in [9.17, 15) is 4.79 Å². The molecule has 0 heterocycles. The first kappa shape index (κ1) is 8.57. The molecule has 0 saturated heterocycles. The maximum Gasteiger partial charge on any atom is 0.209 e. The van der Waals surface area contributed by atoms with Crippen molar-refractivity contribution >= 4 is 6.41 Å². The lowest BCUT2D eigenvalue weighted by Crippen LogP contribution is -2.43. The van der Waals surface area contributed by atoms with E-state index in [4.69, 9.17) is 0 Å². The number of carbonyl (C=O) groups excluding carboxylic acids is 1. The van der Waals surface area contributed by atoms with Crippen molar-refractivity contribution in [3.05, 3.63) is 0 Å². The van der Waals surface area contributed by atoms with E-state index in [1.165, 1.54) is 12.8 Å². The van der Waals surface area contributed by atoms with Crippen LogP contribution in [0, 0.1) is 11.8 Å². The van der Waals surface area contributed by atoms with Gasteiger partial charge in [0.05, 0.1) is 0 Å². The van der Waals surface area contributed by atoms with Crippen LogP contribution >= 0.6 is 0 Å². The fourth-order valence-corrected chi connectivity index (χ4v) is 1.59. The summed E-state index contributed by atoms with van der Waals surface area (Å²) in [6, 6.07) is 0.528. The Balaban J connectivity index is 2.23. The van der Waals surface area contributed by atoms with Crippen LogP contribution in [0.25, 0.3) is 0 Å². The third-order valence-electron chi connectivity index (χ3n) is 2.83. The van der Waals surface area contributed by atoms with Crippen LogP contribution in [0.4, 0.5) is 0 Å². The van der Waals surface area contributed by atoms with E-state index in [0.717, 1.165) is 18.2 Å². The van der Waals surface area contributed by atoms with Gasteiger partial charge in [-0.05, 0) is 24.7 Å². The molecule has 0 N–H and O–H groups in total. The van der Waals surface area contributed by atoms with Crippen LogP contribution in [0.2, 0.25) is 0 Å². The van der Waals surface area contributed by atoms with E-state index >= 15 is 0 Å². The monoisotopic (exact) mass is 155 g/mol. The van der Waals surface area contributed by atoms with Gasteiger partial charge in [0, 0.05) is 13.1 Å². The SMILES string of the molecule is CC(C)C1CC(N(C)C=O)C1. The van der Waals surface area contributed by atoms with Gasteiger partial charge in [-0.2, -0.15) is 0 Å². The van der Waals surface area contributed by atoms with Crippen molar-refractivity contribution in [3.63, 3.8) is 0 Å². The van der Waals surface area contributed by atoms with E-state index < -0.39 is 0 Å². The van der Waals surface area contributed by atoms with Gasteiger partial charge in [0.2, 0.25) is 6.41 Å². The summed E-state index contributed by atoms with van der Waals surface area (Å²) >= 11 is 0. The molecule has 1 amide bonds. The minimum Gasteiger partial charge on any atom is -0.345 e. The first-order valence-corrected chi connectivity index (χ1v) is 4.32. The van der Waals surface area contributed by atoms with E-state index in [1.54, 1.807) is 4.90 Å². The van der Waals surface area contributed by atoms with Crippen molar-refractivity contribution in [2.24, 2.45) is 11.8 Å². The summed E-state index contributed by atoms with van der Waals surface area (Å²) < 4.78 is 0. The summed E-state index contributed by atoms with van der Waals surface area (Å²) in [6.45, 7) is 4.50. The smallest absolute Gasteiger partial charge is 0.209 e. The highest BCUT2D eigenvalue weighted by Gasteiger charge is 2.33. The Morgan fingerprint density at radius 3 is 2.36 bits per heavy atom. The standard InChI is InChI=1S/C9H17NO/c1-7(2)8-4-9(5-8)10(3)6-11/h6-9H,4-5H2,1-3H3. The third kappa shape index (κ3) is 1.73. The van der Waals surface area contributed by atoms with E-state index in [2.05, 4.69) is 13.8 Å². The van der Waals surface area contributed by atoms with Crippen molar-refractivity contribution in [3.8, 4) is 0 Å². The molecule has 1 fully saturated rings. The molecule has 0 aromatic heterocycles. The molecule has 0 radical (unpaired) electrons. The highest BCUT2D eigenvalue weighted by molar-refractivity contribution is 5.47. The molecule has 1 saturated carbocycles. The zero-order valence-electron chi connectivity index (χ0n) is 7.58. The maximum atomic E-state index is 10.3. The Morgan fingerprint density at radius 2 is 2.00 bits per heavy atom. The average molecular weight is 155 g/mol. The second kappa shape index (κ2) is 3.24. The summed E-state index contributed by atoms with van der Waals surface area (Å²) in [4.78, 5) is 12.1. The summed E-state index contributed by atoms with van der Waals surface area (Å²) in [5.74, 6) is 1.63. The summed E-state index contributed by atoms with van der Waals surface area (Å²) in [5.41, 5.74) is 0. The van der Waals surface area contributed by atoms with Crippen LogP contribution in [0.1, 0.15) is 26.7 Å². The first-order valence-electron chi connectivity index (χ1n) is 4.32. The van der Waals surface area contributed by atoms with Crippen molar-refractivity contribution in [2.75, 3.05) is 7.05 Å². The third-order valence-corrected chi connectivity index (χ3v) is 2.83. The Hall–Kier alpha value is -0.530. The molecule has 1 aliphatic rings. The van der Waals surface area contributed by atoms with Crippen molar-refractivity contribution in [1.82, 2.24) is 4.90 Å². The Bertz CT molecular complexity index is 138. The number of hydrogen-bond donors (Lipinski definition) is 0. The van der Waals surface area contributed by atoms with Gasteiger partial charge in [-0.15, -0.1) is 0 Å². The molecule has 1 aliphatic carbocycles. The van der Waals surface area contributed by atoms with E-state index in [0.29, 0.717) is 6.04 Å². The molecule has 0 atom stereocenters. The molecule has 2 heteroatoms. The first-order chi connectivity index (χ1) is 5.15. The fraction of sp³-hybridized carbons (Fsp3) is 0.889. The number of amides is 1. The second-order valence-electron chi connectivity index (χ2n) is 3.90. The summed E-state index contributed by atoms with van der Waals surface area (Å²) in [6.07, 6.45) is 3.33. The van der Waals surface area contributed by atoms with Gasteiger partial charge in [-0.1, -0.05) is 13.8 Å². The lowest BCUT2D eigenvalue weighted by molar-refractivity contribution is -0.121. The molecule has 0 spiro atoms. The Morgan fingerprint density at radius 1 is 1.45 bits per heavy atom. The van der Waals surface area contributed by atoms with Crippen LogP contribution in [0.5, 0.6) is 0 Å². The quantitative estimate of drug-likeness (QED) is 0.566. The molecule has 0 aromatic carbocycles. The predicted octanol–water partition coefficient (Wildman–Crippen LogP) is 1.51. The number of nitrogens with zero attached hydrogens (tertiary/aromatic N) is 1. The maximum absolute atomic E-state index is 10.3. The van der Waals surface area contributed by atoms with Gasteiger partial charge in [-0.25, -0.2) is 0 Å². The zero-order valence-corrected chi connectivity index (χ0v) is 7.58. The minimum atomic E-state index is 0.528. The lowest BCUT2D eigenvalue weighted by Gasteiger charge is -2.41. The van der Waals surface area contributed by atoms with Crippen LogP contribution in [-0.2, 0) is 4.79 Å². The topological polar surface area (TPSA) is 20.3 Å². The van der Waals surface area contributed by atoms with Gasteiger partial charge in [0.25, 0.3) is 0 Å². The number of rotatable bonds is 3. The zero-order chi connectivity index (χ0) is 8.43. The number of carbonyl (C=O) groups is 1. The molecule has 64 valence electrons. The molecule has 11 heavy (non-hydrogen) atoms. The van der Waals surface area contributed by atoms with Crippen molar-refractivity contribution in [1.29, 1.82) is 0 Å². The van der Waals surface area contributed by atoms with Gasteiger partial charge < -0.3 is 4.90 Å². The molecule has 2 nitrogen and oxygen atoms in total.